The van der Waals surface area contributed by atoms with Crippen LogP contribution in [0, 0.1) is 0 Å². The van der Waals surface area contributed by atoms with Crippen LogP contribution in [0.3, 0.4) is 0 Å². The zero-order valence-electron chi connectivity index (χ0n) is 10.4. The summed E-state index contributed by atoms with van der Waals surface area (Å²) in [6.07, 6.45) is 4.84. The van der Waals surface area contributed by atoms with Crippen LogP contribution in [0.2, 0.25) is 0 Å². The number of nitrogens with zero attached hydrogens (tertiary/aromatic N) is 5. The van der Waals surface area contributed by atoms with E-state index in [4.69, 9.17) is 5.11 Å². The Balaban J connectivity index is 2.13. The standard InChI is InChI=1S/C11H11F2N5O2/c1-17(6-9-14-2-3-18(9)11(12)13)8-5-15-7(4-16-8)10(19)20/h2-5,11H,6H2,1H3,(H,19,20). The molecule has 0 saturated heterocycles. The third-order valence-corrected chi connectivity index (χ3v) is 2.59. The summed E-state index contributed by atoms with van der Waals surface area (Å²) in [7, 11) is 1.62. The van der Waals surface area contributed by atoms with Crippen molar-refractivity contribution in [3.8, 4) is 0 Å². The molecular formula is C11H11F2N5O2. The van der Waals surface area contributed by atoms with E-state index in [9.17, 15) is 13.6 Å². The van der Waals surface area contributed by atoms with Gasteiger partial charge in [-0.3, -0.25) is 4.57 Å². The highest BCUT2D eigenvalue weighted by Gasteiger charge is 2.14. The Kier molecular flexibility index (Phi) is 3.87. The van der Waals surface area contributed by atoms with Crippen LogP contribution in [0.15, 0.2) is 24.8 Å². The minimum atomic E-state index is -2.67. The predicted molar refractivity (Wildman–Crippen MR) is 64.6 cm³/mol. The van der Waals surface area contributed by atoms with Crippen LogP contribution in [-0.2, 0) is 6.54 Å². The highest BCUT2D eigenvalue weighted by Crippen LogP contribution is 2.16. The molecule has 20 heavy (non-hydrogen) atoms. The Morgan fingerprint density at radius 1 is 1.40 bits per heavy atom. The van der Waals surface area contributed by atoms with Crippen LogP contribution >= 0.6 is 0 Å². The molecule has 2 heterocycles. The van der Waals surface area contributed by atoms with Gasteiger partial charge in [0, 0.05) is 19.4 Å². The van der Waals surface area contributed by atoms with E-state index in [1.54, 1.807) is 11.9 Å². The molecule has 0 spiro atoms. The van der Waals surface area contributed by atoms with Crippen molar-refractivity contribution < 1.29 is 18.7 Å². The van der Waals surface area contributed by atoms with E-state index in [1.165, 1.54) is 18.6 Å². The lowest BCUT2D eigenvalue weighted by molar-refractivity contribution is 0.0667. The van der Waals surface area contributed by atoms with Crippen molar-refractivity contribution in [2.24, 2.45) is 0 Å². The highest BCUT2D eigenvalue weighted by molar-refractivity contribution is 5.84. The molecule has 7 nitrogen and oxygen atoms in total. The van der Waals surface area contributed by atoms with E-state index in [0.29, 0.717) is 5.82 Å². The molecule has 0 atom stereocenters. The number of aromatic nitrogens is 4. The Morgan fingerprint density at radius 3 is 2.70 bits per heavy atom. The maximum atomic E-state index is 12.7. The van der Waals surface area contributed by atoms with Gasteiger partial charge in [-0.15, -0.1) is 0 Å². The van der Waals surface area contributed by atoms with Crippen LogP contribution in [-0.4, -0.2) is 37.6 Å². The number of alkyl halides is 2. The number of rotatable bonds is 5. The number of hydrogen-bond acceptors (Lipinski definition) is 5. The van der Waals surface area contributed by atoms with Gasteiger partial charge in [0.25, 0.3) is 0 Å². The summed E-state index contributed by atoms with van der Waals surface area (Å²) >= 11 is 0. The van der Waals surface area contributed by atoms with Crippen molar-refractivity contribution in [3.63, 3.8) is 0 Å². The molecule has 0 unspecified atom stereocenters. The maximum absolute atomic E-state index is 12.7. The van der Waals surface area contributed by atoms with Crippen LogP contribution < -0.4 is 4.90 Å². The summed E-state index contributed by atoms with van der Waals surface area (Å²) in [5.74, 6) is -0.648. The summed E-state index contributed by atoms with van der Waals surface area (Å²) in [6, 6.07) is 0. The first kappa shape index (κ1) is 13.8. The van der Waals surface area contributed by atoms with Crippen molar-refractivity contribution in [3.05, 3.63) is 36.3 Å². The molecule has 0 aliphatic heterocycles. The van der Waals surface area contributed by atoms with Crippen LogP contribution in [0.4, 0.5) is 14.6 Å². The van der Waals surface area contributed by atoms with Crippen LogP contribution in [0.25, 0.3) is 0 Å². The molecule has 0 aliphatic rings. The summed E-state index contributed by atoms with van der Waals surface area (Å²) in [5, 5.41) is 8.71. The average Bonchev–Trinajstić information content (AvgIpc) is 2.87. The van der Waals surface area contributed by atoms with E-state index in [2.05, 4.69) is 15.0 Å². The lowest BCUT2D eigenvalue weighted by Crippen LogP contribution is -2.21. The van der Waals surface area contributed by atoms with Gasteiger partial charge in [-0.2, -0.15) is 8.78 Å². The number of anilines is 1. The first-order valence-corrected chi connectivity index (χ1v) is 5.55. The van der Waals surface area contributed by atoms with Crippen molar-refractivity contribution in [2.75, 3.05) is 11.9 Å². The highest BCUT2D eigenvalue weighted by atomic mass is 19.3. The number of carboxylic acids is 1. The molecule has 0 saturated carbocycles. The van der Waals surface area contributed by atoms with Crippen molar-refractivity contribution >= 4 is 11.8 Å². The molecule has 0 radical (unpaired) electrons. The first-order chi connectivity index (χ1) is 9.49. The monoisotopic (exact) mass is 283 g/mol. The average molecular weight is 283 g/mol. The molecule has 9 heteroatoms. The van der Waals surface area contributed by atoms with Crippen molar-refractivity contribution in [2.45, 2.75) is 13.1 Å². The number of halogens is 2. The van der Waals surface area contributed by atoms with Gasteiger partial charge in [-0.25, -0.2) is 19.7 Å². The fourth-order valence-electron chi connectivity index (χ4n) is 1.57. The first-order valence-electron chi connectivity index (χ1n) is 5.55. The third kappa shape index (κ3) is 2.87. The van der Waals surface area contributed by atoms with Gasteiger partial charge in [0.2, 0.25) is 0 Å². The molecule has 2 rings (SSSR count). The lowest BCUT2D eigenvalue weighted by atomic mass is 10.4. The molecule has 0 aliphatic carbocycles. The van der Waals surface area contributed by atoms with Gasteiger partial charge in [0.15, 0.2) is 5.69 Å². The lowest BCUT2D eigenvalue weighted by Gasteiger charge is -2.17. The fourth-order valence-corrected chi connectivity index (χ4v) is 1.57. The summed E-state index contributed by atoms with van der Waals surface area (Å²) < 4.78 is 26.1. The fraction of sp³-hybridized carbons (Fsp3) is 0.273. The van der Waals surface area contributed by atoms with E-state index in [-0.39, 0.29) is 18.1 Å². The molecule has 2 aromatic rings. The smallest absolute Gasteiger partial charge is 0.356 e. The van der Waals surface area contributed by atoms with Gasteiger partial charge in [0.05, 0.1) is 18.9 Å². The summed E-state index contributed by atoms with van der Waals surface area (Å²) in [5.41, 5.74) is -0.184. The molecule has 0 amide bonds. The van der Waals surface area contributed by atoms with Gasteiger partial charge in [-0.05, 0) is 0 Å². The van der Waals surface area contributed by atoms with E-state index >= 15 is 0 Å². The molecule has 0 aromatic carbocycles. The number of hydrogen-bond donors (Lipinski definition) is 1. The Bertz CT molecular complexity index is 599. The minimum Gasteiger partial charge on any atom is -0.476 e. The number of aromatic carboxylic acids is 1. The quantitative estimate of drug-likeness (QED) is 0.893. The van der Waals surface area contributed by atoms with E-state index in [0.717, 1.165) is 10.8 Å². The third-order valence-electron chi connectivity index (χ3n) is 2.59. The predicted octanol–water partition coefficient (Wildman–Crippen LogP) is 1.40. The molecule has 0 fully saturated rings. The number of carboxylic acid groups (broad SMARTS) is 1. The van der Waals surface area contributed by atoms with Gasteiger partial charge in [0.1, 0.15) is 11.6 Å². The Labute approximate surface area is 112 Å². The zero-order chi connectivity index (χ0) is 14.7. The zero-order valence-corrected chi connectivity index (χ0v) is 10.4. The second-order valence-electron chi connectivity index (χ2n) is 3.95. The molecule has 106 valence electrons. The number of imidazole rings is 1. The molecule has 0 bridgehead atoms. The largest absolute Gasteiger partial charge is 0.476 e. The molecule has 1 N–H and O–H groups in total. The van der Waals surface area contributed by atoms with Gasteiger partial charge < -0.3 is 10.0 Å². The van der Waals surface area contributed by atoms with Crippen molar-refractivity contribution in [1.82, 2.24) is 19.5 Å². The Hall–Kier alpha value is -2.58. The second-order valence-corrected chi connectivity index (χ2v) is 3.95. The number of carbonyl (C=O) groups is 1. The molecular weight excluding hydrogens is 272 g/mol. The maximum Gasteiger partial charge on any atom is 0.356 e. The van der Waals surface area contributed by atoms with Crippen LogP contribution in [0.5, 0.6) is 0 Å². The molecule has 2 aromatic heterocycles. The van der Waals surface area contributed by atoms with Gasteiger partial charge in [-0.1, -0.05) is 0 Å². The minimum absolute atomic E-state index is 0.0957. The van der Waals surface area contributed by atoms with Crippen molar-refractivity contribution in [1.29, 1.82) is 0 Å². The normalized spacial score (nSPS) is 10.8. The SMILES string of the molecule is CN(Cc1nccn1C(F)F)c1cnc(C(=O)O)cn1. The Morgan fingerprint density at radius 2 is 2.15 bits per heavy atom. The second kappa shape index (κ2) is 5.59. The summed E-state index contributed by atoms with van der Waals surface area (Å²) in [4.78, 5) is 23.7. The summed E-state index contributed by atoms with van der Waals surface area (Å²) in [6.45, 7) is -2.57. The van der Waals surface area contributed by atoms with E-state index in [1.807, 2.05) is 0 Å². The van der Waals surface area contributed by atoms with E-state index < -0.39 is 12.5 Å². The van der Waals surface area contributed by atoms with Gasteiger partial charge >= 0.3 is 12.5 Å². The topological polar surface area (TPSA) is 84.1 Å². The van der Waals surface area contributed by atoms with Crippen LogP contribution in [0.1, 0.15) is 22.9 Å².